The Balaban J connectivity index is 1.68. The normalized spacial score (nSPS) is 33.7. The number of rotatable bonds is 3. The Bertz CT molecular complexity index is 893. The van der Waals surface area contributed by atoms with Crippen LogP contribution in [0.1, 0.15) is 20.1 Å². The van der Waals surface area contributed by atoms with Crippen molar-refractivity contribution in [1.29, 1.82) is 0 Å². The molecule has 1 unspecified atom stereocenters. The largest absolute Gasteiger partial charge is 0.475 e. The molecule has 2 aliphatic heterocycles. The van der Waals surface area contributed by atoms with E-state index in [4.69, 9.17) is 47.2 Å². The molecule has 0 aromatic carbocycles. The first kappa shape index (κ1) is 18.4. The number of halogens is 2. The molecule has 2 aliphatic rings. The van der Waals surface area contributed by atoms with Gasteiger partial charge in [-0.2, -0.15) is 0 Å². The van der Waals surface area contributed by atoms with Gasteiger partial charge in [0.05, 0.1) is 19.0 Å². The third kappa shape index (κ3) is 2.90. The minimum absolute atomic E-state index is 0.0455. The van der Waals surface area contributed by atoms with E-state index in [1.165, 1.54) is 17.2 Å². The smallest absolute Gasteiger partial charge is 0.382 e. The van der Waals surface area contributed by atoms with Crippen molar-refractivity contribution in [2.24, 2.45) is 0 Å². The molecule has 2 aromatic rings. The van der Waals surface area contributed by atoms with E-state index >= 15 is 0 Å². The molecule has 4 rings (SSSR count). The lowest BCUT2D eigenvalue weighted by Gasteiger charge is -2.33. The first-order valence-corrected chi connectivity index (χ1v) is 10.0. The van der Waals surface area contributed by atoms with Crippen LogP contribution in [0.3, 0.4) is 0 Å². The van der Waals surface area contributed by atoms with Gasteiger partial charge in [0, 0.05) is 0 Å². The van der Waals surface area contributed by atoms with Crippen molar-refractivity contribution in [3.63, 3.8) is 0 Å². The van der Waals surface area contributed by atoms with Crippen LogP contribution >= 0.6 is 31.0 Å². The Kier molecular flexibility index (Phi) is 4.43. The second-order valence-electron chi connectivity index (χ2n) is 6.21. The zero-order chi connectivity index (χ0) is 18.7. The van der Waals surface area contributed by atoms with E-state index in [-0.39, 0.29) is 18.5 Å². The van der Waals surface area contributed by atoms with E-state index in [9.17, 15) is 4.57 Å². The number of fused-ring (bicyclic) bond motifs is 2. The van der Waals surface area contributed by atoms with Gasteiger partial charge in [0.2, 0.25) is 0 Å². The van der Waals surface area contributed by atoms with Crippen LogP contribution < -0.4 is 5.73 Å². The van der Waals surface area contributed by atoms with E-state index < -0.39 is 30.6 Å². The average molecular weight is 424 g/mol. The molecule has 2 fully saturated rings. The van der Waals surface area contributed by atoms with Gasteiger partial charge in [0.1, 0.15) is 24.1 Å². The molecular formula is C13H16Cl2N5O5P. The summed E-state index contributed by atoms with van der Waals surface area (Å²) in [4.78, 5) is 12.2. The number of hydrogen-bond acceptors (Lipinski definition) is 9. The summed E-state index contributed by atoms with van der Waals surface area (Å²) in [6.07, 6.45) is -0.133. The van der Waals surface area contributed by atoms with Crippen molar-refractivity contribution in [1.82, 2.24) is 19.5 Å². The summed E-state index contributed by atoms with van der Waals surface area (Å²) in [6.45, 7) is 3.38. The summed E-state index contributed by atoms with van der Waals surface area (Å²) in [5, 5.41) is 0. The molecular weight excluding hydrogens is 408 g/mol. The fourth-order valence-corrected chi connectivity index (χ4v) is 5.33. The number of alkyl halides is 2. The lowest BCUT2D eigenvalue weighted by molar-refractivity contribution is -0.0733. The maximum Gasteiger partial charge on any atom is 0.475 e. The summed E-state index contributed by atoms with van der Waals surface area (Å²) < 4.78 is 34.5. The van der Waals surface area contributed by atoms with Crippen molar-refractivity contribution < 1.29 is 22.9 Å². The molecule has 0 bridgehead atoms. The summed E-state index contributed by atoms with van der Waals surface area (Å²) in [7, 11) is -3.80. The van der Waals surface area contributed by atoms with Crippen LogP contribution in [0.25, 0.3) is 11.2 Å². The van der Waals surface area contributed by atoms with Crippen molar-refractivity contribution >= 4 is 48.0 Å². The van der Waals surface area contributed by atoms with Crippen LogP contribution in [0.2, 0.25) is 0 Å². The second-order valence-corrected chi connectivity index (χ2v) is 9.23. The Morgan fingerprint density at radius 1 is 1.42 bits per heavy atom. The molecule has 0 spiro atoms. The number of phosphoric ester groups is 1. The fraction of sp³-hybridized carbons (Fsp3) is 0.615. The van der Waals surface area contributed by atoms with Crippen LogP contribution in [0.5, 0.6) is 0 Å². The molecule has 26 heavy (non-hydrogen) atoms. The number of nitrogens with two attached hydrogens (primary N) is 1. The van der Waals surface area contributed by atoms with Crippen LogP contribution in [-0.2, 0) is 22.9 Å². The Morgan fingerprint density at radius 3 is 2.92 bits per heavy atom. The minimum atomic E-state index is -3.80. The van der Waals surface area contributed by atoms with E-state index in [0.29, 0.717) is 11.2 Å². The highest BCUT2D eigenvalue weighted by molar-refractivity contribution is 7.48. The number of phosphoric acid groups is 1. The third-order valence-electron chi connectivity index (χ3n) is 3.97. The summed E-state index contributed by atoms with van der Waals surface area (Å²) >= 11 is 13.1. The number of hydrogen-bond donors (Lipinski definition) is 1. The maximum atomic E-state index is 12.6. The minimum Gasteiger partial charge on any atom is -0.382 e. The molecule has 10 nitrogen and oxygen atoms in total. The van der Waals surface area contributed by atoms with Gasteiger partial charge >= 0.3 is 7.82 Å². The lowest BCUT2D eigenvalue weighted by atomic mass is 10.2. The van der Waals surface area contributed by atoms with Crippen LogP contribution in [0.4, 0.5) is 5.82 Å². The van der Waals surface area contributed by atoms with Crippen molar-refractivity contribution in [3.8, 4) is 0 Å². The number of ether oxygens (including phenoxy) is 1. The topological polar surface area (TPSA) is 124 Å². The van der Waals surface area contributed by atoms with E-state index in [1.807, 2.05) is 0 Å². The predicted octanol–water partition coefficient (Wildman–Crippen LogP) is 2.43. The highest BCUT2D eigenvalue weighted by Crippen LogP contribution is 2.61. The molecule has 0 aliphatic carbocycles. The SMILES string of the molecule is CC(C)OP1(=O)OC[C@H]2O[C@@H](n3cnc4c(N)ncnc43)C(Cl)(Cl)[C@@H]2O1. The Labute approximate surface area is 158 Å². The van der Waals surface area contributed by atoms with E-state index in [2.05, 4.69) is 15.0 Å². The van der Waals surface area contributed by atoms with Crippen molar-refractivity contribution in [2.75, 3.05) is 12.3 Å². The molecule has 0 amide bonds. The van der Waals surface area contributed by atoms with Crippen LogP contribution in [0, 0.1) is 0 Å². The Hall–Kier alpha value is -1.00. The van der Waals surface area contributed by atoms with Gasteiger partial charge in [-0.05, 0) is 13.8 Å². The third-order valence-corrected chi connectivity index (χ3v) is 6.40. The molecule has 2 aromatic heterocycles. The highest BCUT2D eigenvalue weighted by atomic mass is 35.5. The number of nitrogen functional groups attached to an aromatic ring is 1. The highest BCUT2D eigenvalue weighted by Gasteiger charge is 2.62. The summed E-state index contributed by atoms with van der Waals surface area (Å²) in [6, 6.07) is 0. The van der Waals surface area contributed by atoms with Crippen LogP contribution in [-0.4, -0.2) is 48.8 Å². The van der Waals surface area contributed by atoms with Gasteiger partial charge in [-0.3, -0.25) is 18.1 Å². The van der Waals surface area contributed by atoms with Gasteiger partial charge in [0.25, 0.3) is 0 Å². The standard InChI is InChI=1S/C13H16Cl2N5O5P/c1-6(2)24-26(21)22-3-7-9(25-26)13(14,15)12(23-7)20-5-19-8-10(16)17-4-18-11(8)20/h4-7,9,12H,3H2,1-2H3,(H2,16,17,18)/t7-,9-,12-,26?/m1/s1. The van der Waals surface area contributed by atoms with Crippen molar-refractivity contribution in [3.05, 3.63) is 12.7 Å². The fourth-order valence-electron chi connectivity index (χ4n) is 2.92. The van der Waals surface area contributed by atoms with Crippen LogP contribution in [0.15, 0.2) is 12.7 Å². The summed E-state index contributed by atoms with van der Waals surface area (Å²) in [5.41, 5.74) is 6.59. The van der Waals surface area contributed by atoms with E-state index in [1.54, 1.807) is 13.8 Å². The van der Waals surface area contributed by atoms with Gasteiger partial charge in [0.15, 0.2) is 22.0 Å². The van der Waals surface area contributed by atoms with Gasteiger partial charge in [-0.25, -0.2) is 19.5 Å². The number of nitrogens with zero attached hydrogens (tertiary/aromatic N) is 4. The molecule has 142 valence electrons. The molecule has 2 saturated heterocycles. The molecule has 0 saturated carbocycles. The van der Waals surface area contributed by atoms with Gasteiger partial charge in [-0.15, -0.1) is 0 Å². The number of aromatic nitrogens is 4. The Morgan fingerprint density at radius 2 is 2.19 bits per heavy atom. The molecule has 0 radical (unpaired) electrons. The quantitative estimate of drug-likeness (QED) is 0.584. The van der Waals surface area contributed by atoms with Crippen molar-refractivity contribution in [2.45, 2.75) is 42.7 Å². The number of imidazole rings is 1. The van der Waals surface area contributed by atoms with E-state index in [0.717, 1.165) is 0 Å². The lowest BCUT2D eigenvalue weighted by Crippen LogP contribution is -2.42. The van der Waals surface area contributed by atoms with Gasteiger partial charge < -0.3 is 10.5 Å². The second kappa shape index (κ2) is 6.27. The zero-order valence-corrected chi connectivity index (χ0v) is 16.2. The predicted molar refractivity (Wildman–Crippen MR) is 92.7 cm³/mol. The monoisotopic (exact) mass is 423 g/mol. The van der Waals surface area contributed by atoms with Gasteiger partial charge in [-0.1, -0.05) is 23.2 Å². The first-order chi connectivity index (χ1) is 12.2. The first-order valence-electron chi connectivity index (χ1n) is 7.79. The maximum absolute atomic E-state index is 12.6. The molecule has 4 atom stereocenters. The number of anilines is 1. The molecule has 2 N–H and O–H groups in total. The summed E-state index contributed by atoms with van der Waals surface area (Å²) in [5.74, 6) is 0.216. The molecule has 4 heterocycles. The average Bonchev–Trinajstić information content (AvgIpc) is 3.07. The zero-order valence-electron chi connectivity index (χ0n) is 13.8. The molecule has 13 heteroatoms.